The van der Waals surface area contributed by atoms with E-state index in [-0.39, 0.29) is 11.1 Å². The van der Waals surface area contributed by atoms with Gasteiger partial charge in [0.05, 0.1) is 6.54 Å². The third kappa shape index (κ3) is 3.07. The van der Waals surface area contributed by atoms with Crippen LogP contribution in [0.25, 0.3) is 0 Å². The average molecular weight is 272 g/mol. The summed E-state index contributed by atoms with van der Waals surface area (Å²) in [5.74, 6) is -0.988. The molecule has 20 heavy (non-hydrogen) atoms. The van der Waals surface area contributed by atoms with E-state index in [0.29, 0.717) is 6.54 Å². The average Bonchev–Trinajstić information content (AvgIpc) is 2.76. The molecule has 0 radical (unpaired) electrons. The van der Waals surface area contributed by atoms with Gasteiger partial charge in [0.15, 0.2) is 5.69 Å². The van der Waals surface area contributed by atoms with Crippen molar-refractivity contribution < 1.29 is 9.90 Å². The Labute approximate surface area is 119 Å². The molecule has 2 rings (SSSR count). The highest BCUT2D eigenvalue weighted by atomic mass is 16.4. The summed E-state index contributed by atoms with van der Waals surface area (Å²) in [7, 11) is 0. The number of hydrogen-bond acceptors (Lipinski definition) is 2. The minimum absolute atomic E-state index is 0.0991. The molecule has 106 valence electrons. The smallest absolute Gasteiger partial charge is 0.356 e. The highest BCUT2D eigenvalue weighted by molar-refractivity contribution is 5.85. The molecule has 1 N–H and O–H groups in total. The summed E-state index contributed by atoms with van der Waals surface area (Å²) >= 11 is 0. The summed E-state index contributed by atoms with van der Waals surface area (Å²) < 4.78 is 1.79. The van der Waals surface area contributed by atoms with Crippen molar-refractivity contribution in [3.63, 3.8) is 0 Å². The van der Waals surface area contributed by atoms with E-state index in [2.05, 4.69) is 25.9 Å². The van der Waals surface area contributed by atoms with Crippen molar-refractivity contribution >= 4 is 5.97 Å². The number of aromatic carboxylic acids is 1. The van der Waals surface area contributed by atoms with E-state index in [9.17, 15) is 4.79 Å². The molecule has 4 heteroatoms. The molecule has 0 saturated carbocycles. The number of hydrogen-bond donors (Lipinski definition) is 1. The van der Waals surface area contributed by atoms with Crippen LogP contribution < -0.4 is 0 Å². The topological polar surface area (TPSA) is 55.1 Å². The zero-order valence-electron chi connectivity index (χ0n) is 12.3. The standard InChI is InChI=1S/C16H20N2O2/c1-11-5-7-12(8-6-11)10-18-14(16(2,3)4)9-13(17-18)15(19)20/h5-9H,10H2,1-4H3,(H,19,20). The summed E-state index contributed by atoms with van der Waals surface area (Å²) in [5.41, 5.74) is 3.20. The van der Waals surface area contributed by atoms with Gasteiger partial charge in [0, 0.05) is 11.1 Å². The normalized spacial score (nSPS) is 11.6. The van der Waals surface area contributed by atoms with Gasteiger partial charge >= 0.3 is 5.97 Å². The molecule has 0 aliphatic carbocycles. The van der Waals surface area contributed by atoms with Gasteiger partial charge in [-0.05, 0) is 18.6 Å². The van der Waals surface area contributed by atoms with Crippen LogP contribution in [0.15, 0.2) is 30.3 Å². The molecule has 2 aromatic rings. The molecule has 0 fully saturated rings. The predicted octanol–water partition coefficient (Wildman–Crippen LogP) is 3.24. The predicted molar refractivity (Wildman–Crippen MR) is 78.2 cm³/mol. The number of rotatable bonds is 3. The number of carboxylic acids is 1. The minimum Gasteiger partial charge on any atom is -0.476 e. The fourth-order valence-corrected chi connectivity index (χ4v) is 2.11. The quantitative estimate of drug-likeness (QED) is 0.933. The van der Waals surface area contributed by atoms with Crippen LogP contribution in [0.2, 0.25) is 0 Å². The van der Waals surface area contributed by atoms with E-state index < -0.39 is 5.97 Å². The van der Waals surface area contributed by atoms with Crippen LogP contribution in [0.5, 0.6) is 0 Å². The SMILES string of the molecule is Cc1ccc(Cn2nc(C(=O)O)cc2C(C)(C)C)cc1. The Kier molecular flexibility index (Phi) is 3.66. The van der Waals surface area contributed by atoms with Gasteiger partial charge in [-0.2, -0.15) is 5.10 Å². The maximum Gasteiger partial charge on any atom is 0.356 e. The van der Waals surface area contributed by atoms with Crippen LogP contribution in [0, 0.1) is 6.92 Å². The number of aryl methyl sites for hydroxylation is 1. The molecule has 0 spiro atoms. The highest BCUT2D eigenvalue weighted by Crippen LogP contribution is 2.24. The Morgan fingerprint density at radius 3 is 2.35 bits per heavy atom. The van der Waals surface area contributed by atoms with Gasteiger partial charge in [0.2, 0.25) is 0 Å². The molecular weight excluding hydrogens is 252 g/mol. The van der Waals surface area contributed by atoms with Gasteiger partial charge in [0.1, 0.15) is 0 Å². The number of carbonyl (C=O) groups is 1. The molecule has 0 aliphatic rings. The summed E-state index contributed by atoms with van der Waals surface area (Å²) in [4.78, 5) is 11.1. The molecule has 0 bridgehead atoms. The maximum atomic E-state index is 11.1. The Hall–Kier alpha value is -2.10. The van der Waals surface area contributed by atoms with Crippen molar-refractivity contribution in [1.29, 1.82) is 0 Å². The number of aromatic nitrogens is 2. The number of nitrogens with zero attached hydrogens (tertiary/aromatic N) is 2. The third-order valence-corrected chi connectivity index (χ3v) is 3.22. The zero-order chi connectivity index (χ0) is 14.9. The van der Waals surface area contributed by atoms with Gasteiger partial charge in [0.25, 0.3) is 0 Å². The van der Waals surface area contributed by atoms with Crippen LogP contribution in [0.4, 0.5) is 0 Å². The molecule has 0 aliphatic heterocycles. The van der Waals surface area contributed by atoms with Crippen molar-refractivity contribution in [2.75, 3.05) is 0 Å². The molecule has 1 aromatic heterocycles. The first-order chi connectivity index (χ1) is 9.27. The van der Waals surface area contributed by atoms with Crippen molar-refractivity contribution in [2.45, 2.75) is 39.7 Å². The van der Waals surface area contributed by atoms with Gasteiger partial charge in [-0.15, -0.1) is 0 Å². The molecule has 1 heterocycles. The summed E-state index contributed by atoms with van der Waals surface area (Å²) in [6.45, 7) is 8.80. The highest BCUT2D eigenvalue weighted by Gasteiger charge is 2.23. The minimum atomic E-state index is -0.988. The first-order valence-electron chi connectivity index (χ1n) is 6.64. The van der Waals surface area contributed by atoms with Crippen LogP contribution in [0.3, 0.4) is 0 Å². The molecule has 1 aromatic carbocycles. The molecule has 0 saturated heterocycles. The van der Waals surface area contributed by atoms with Crippen molar-refractivity contribution in [1.82, 2.24) is 9.78 Å². The van der Waals surface area contributed by atoms with E-state index in [1.54, 1.807) is 10.7 Å². The van der Waals surface area contributed by atoms with Crippen molar-refractivity contribution in [2.24, 2.45) is 0 Å². The zero-order valence-corrected chi connectivity index (χ0v) is 12.3. The van der Waals surface area contributed by atoms with E-state index in [0.717, 1.165) is 11.3 Å². The Bertz CT molecular complexity index is 619. The second kappa shape index (κ2) is 5.12. The van der Waals surface area contributed by atoms with Gasteiger partial charge in [-0.3, -0.25) is 4.68 Å². The van der Waals surface area contributed by atoms with Gasteiger partial charge in [-0.25, -0.2) is 4.79 Å². The summed E-state index contributed by atoms with van der Waals surface area (Å²) in [6, 6.07) is 9.85. The Morgan fingerprint density at radius 1 is 1.25 bits per heavy atom. The molecule has 0 amide bonds. The summed E-state index contributed by atoms with van der Waals surface area (Å²) in [6.07, 6.45) is 0. The third-order valence-electron chi connectivity index (χ3n) is 3.22. The fraction of sp³-hybridized carbons (Fsp3) is 0.375. The number of carboxylic acid groups (broad SMARTS) is 1. The van der Waals surface area contributed by atoms with E-state index in [1.165, 1.54) is 5.56 Å². The molecule has 0 unspecified atom stereocenters. The van der Waals surface area contributed by atoms with Crippen LogP contribution in [0.1, 0.15) is 48.1 Å². The first kappa shape index (κ1) is 14.3. The first-order valence-corrected chi connectivity index (χ1v) is 6.64. The molecule has 4 nitrogen and oxygen atoms in total. The van der Waals surface area contributed by atoms with Crippen molar-refractivity contribution in [3.05, 3.63) is 52.8 Å². The van der Waals surface area contributed by atoms with E-state index in [1.807, 2.05) is 31.2 Å². The lowest BCUT2D eigenvalue weighted by Gasteiger charge is -2.20. The summed E-state index contributed by atoms with van der Waals surface area (Å²) in [5, 5.41) is 13.3. The van der Waals surface area contributed by atoms with Gasteiger partial charge in [-0.1, -0.05) is 50.6 Å². The fourth-order valence-electron chi connectivity index (χ4n) is 2.11. The van der Waals surface area contributed by atoms with Crippen LogP contribution in [-0.2, 0) is 12.0 Å². The largest absolute Gasteiger partial charge is 0.476 e. The van der Waals surface area contributed by atoms with E-state index in [4.69, 9.17) is 5.11 Å². The molecule has 0 atom stereocenters. The lowest BCUT2D eigenvalue weighted by molar-refractivity contribution is 0.0689. The second-order valence-electron chi connectivity index (χ2n) is 6.11. The van der Waals surface area contributed by atoms with E-state index >= 15 is 0 Å². The number of benzene rings is 1. The Balaban J connectivity index is 2.39. The van der Waals surface area contributed by atoms with Crippen LogP contribution >= 0.6 is 0 Å². The second-order valence-corrected chi connectivity index (χ2v) is 6.11. The van der Waals surface area contributed by atoms with Gasteiger partial charge < -0.3 is 5.11 Å². The molecular formula is C16H20N2O2. The Morgan fingerprint density at radius 2 is 1.85 bits per heavy atom. The van der Waals surface area contributed by atoms with Crippen LogP contribution in [-0.4, -0.2) is 20.9 Å². The lowest BCUT2D eigenvalue weighted by atomic mass is 9.91. The van der Waals surface area contributed by atoms with Crippen molar-refractivity contribution in [3.8, 4) is 0 Å². The maximum absolute atomic E-state index is 11.1. The monoisotopic (exact) mass is 272 g/mol. The lowest BCUT2D eigenvalue weighted by Crippen LogP contribution is -2.18.